The van der Waals surface area contributed by atoms with Gasteiger partial charge in [0, 0.05) is 11.8 Å². The second-order valence-corrected chi connectivity index (χ2v) is 13.4. The fourth-order valence-corrected chi connectivity index (χ4v) is 9.76. The quantitative estimate of drug-likeness (QED) is 0.413. The van der Waals surface area contributed by atoms with Crippen molar-refractivity contribution in [2.75, 3.05) is 0 Å². The van der Waals surface area contributed by atoms with Crippen LogP contribution in [0.3, 0.4) is 0 Å². The highest BCUT2D eigenvalue weighted by Gasteiger charge is 2.68. The molecule has 0 radical (unpaired) electrons. The summed E-state index contributed by atoms with van der Waals surface area (Å²) in [5.41, 5.74) is 3.99. The molecule has 0 N–H and O–H groups in total. The number of fused-ring (bicyclic) bond motifs is 5. The molecule has 0 aliphatic heterocycles. The van der Waals surface area contributed by atoms with E-state index < -0.39 is 0 Å². The molecule has 1 nitrogen and oxygen atoms in total. The zero-order chi connectivity index (χ0) is 22.8. The first-order valence-corrected chi connectivity index (χ1v) is 13.2. The van der Waals surface area contributed by atoms with Gasteiger partial charge in [0.05, 0.1) is 0 Å². The van der Waals surface area contributed by atoms with Crippen molar-refractivity contribution in [3.05, 3.63) is 23.8 Å². The summed E-state index contributed by atoms with van der Waals surface area (Å²) in [6, 6.07) is 0. The number of rotatable bonds is 4. The van der Waals surface area contributed by atoms with Gasteiger partial charge in [0.1, 0.15) is 5.78 Å². The van der Waals surface area contributed by atoms with Gasteiger partial charge in [-0.25, -0.2) is 0 Å². The summed E-state index contributed by atoms with van der Waals surface area (Å²) in [5.74, 6) is 3.39. The normalized spacial score (nSPS) is 46.0. The molecular formula is C30H48O. The Morgan fingerprint density at radius 3 is 2.29 bits per heavy atom. The highest BCUT2D eigenvalue weighted by molar-refractivity contribution is 5.85. The summed E-state index contributed by atoms with van der Waals surface area (Å²) in [6.07, 6.45) is 14.7. The molecule has 0 unspecified atom stereocenters. The van der Waals surface area contributed by atoms with Crippen LogP contribution < -0.4 is 0 Å². The van der Waals surface area contributed by atoms with Crippen molar-refractivity contribution < 1.29 is 4.79 Å². The molecular weight excluding hydrogens is 376 g/mol. The predicted molar refractivity (Wildman–Crippen MR) is 132 cm³/mol. The lowest BCUT2D eigenvalue weighted by molar-refractivity contribution is -0.201. The van der Waals surface area contributed by atoms with Gasteiger partial charge in [-0.1, -0.05) is 58.4 Å². The fourth-order valence-electron chi connectivity index (χ4n) is 9.76. The Morgan fingerprint density at radius 2 is 1.61 bits per heavy atom. The zero-order valence-electron chi connectivity index (χ0n) is 21.6. The van der Waals surface area contributed by atoms with Gasteiger partial charge in [0.2, 0.25) is 0 Å². The Morgan fingerprint density at radius 1 is 0.935 bits per heavy atom. The van der Waals surface area contributed by atoms with Gasteiger partial charge < -0.3 is 0 Å². The number of allylic oxidation sites excluding steroid dienone is 3. The number of carbonyl (C=O) groups is 1. The molecule has 1 heteroatoms. The van der Waals surface area contributed by atoms with E-state index in [1.165, 1.54) is 56.1 Å². The van der Waals surface area contributed by atoms with Crippen molar-refractivity contribution in [2.45, 2.75) is 113 Å². The van der Waals surface area contributed by atoms with Gasteiger partial charge in [-0.2, -0.15) is 0 Å². The molecule has 0 heterocycles. The standard InChI is InChI=1S/C30H48O/c1-20(2)10-9-11-21(3)22-14-18-29(7)23(22)12-13-25-28(6)17-16-26(31)27(4,5)24(28)15-19-30(25,29)8/h10,22-25H,3,9,11-19H2,1-2,4-8H3/t22-,23-,24+,25+,28+,29-,30-/m1/s1. The summed E-state index contributed by atoms with van der Waals surface area (Å²) in [7, 11) is 0. The summed E-state index contributed by atoms with van der Waals surface area (Å²) in [5, 5.41) is 0. The second-order valence-electron chi connectivity index (χ2n) is 13.4. The van der Waals surface area contributed by atoms with Crippen LogP contribution in [-0.4, -0.2) is 5.78 Å². The molecule has 4 rings (SSSR count). The Kier molecular flexibility index (Phi) is 5.71. The lowest BCUT2D eigenvalue weighted by atomic mass is 9.35. The van der Waals surface area contributed by atoms with Crippen LogP contribution in [0.1, 0.15) is 113 Å². The van der Waals surface area contributed by atoms with E-state index in [0.29, 0.717) is 27.9 Å². The number of ketones is 1. The average Bonchev–Trinajstić information content (AvgIpc) is 3.03. The minimum Gasteiger partial charge on any atom is -0.299 e. The average molecular weight is 425 g/mol. The maximum Gasteiger partial charge on any atom is 0.138 e. The van der Waals surface area contributed by atoms with Gasteiger partial charge in [-0.05, 0) is 112 Å². The van der Waals surface area contributed by atoms with Crippen molar-refractivity contribution >= 4 is 5.78 Å². The van der Waals surface area contributed by atoms with Crippen LogP contribution in [0.2, 0.25) is 0 Å². The Bertz CT molecular complexity index is 782. The van der Waals surface area contributed by atoms with Crippen LogP contribution in [-0.2, 0) is 4.79 Å². The summed E-state index contributed by atoms with van der Waals surface area (Å²) in [4.78, 5) is 12.8. The molecule has 0 amide bonds. The largest absolute Gasteiger partial charge is 0.299 e. The van der Waals surface area contributed by atoms with Crippen molar-refractivity contribution in [1.29, 1.82) is 0 Å². The summed E-state index contributed by atoms with van der Waals surface area (Å²) in [6.45, 7) is 21.5. The Balaban J connectivity index is 1.60. The highest BCUT2D eigenvalue weighted by atomic mass is 16.1. The molecule has 174 valence electrons. The molecule has 4 saturated carbocycles. The van der Waals surface area contributed by atoms with Gasteiger partial charge in [-0.3, -0.25) is 4.79 Å². The lowest BCUT2D eigenvalue weighted by Gasteiger charge is -2.69. The molecule has 4 fully saturated rings. The minimum atomic E-state index is -0.135. The van der Waals surface area contributed by atoms with Crippen LogP contribution in [0.25, 0.3) is 0 Å². The van der Waals surface area contributed by atoms with Gasteiger partial charge in [-0.15, -0.1) is 0 Å². The fraction of sp³-hybridized carbons (Fsp3) is 0.833. The van der Waals surface area contributed by atoms with Gasteiger partial charge in [0.15, 0.2) is 0 Å². The monoisotopic (exact) mass is 424 g/mol. The number of Topliss-reactive ketones (excluding diaryl/α,β-unsaturated/α-hetero) is 1. The van der Waals surface area contributed by atoms with Gasteiger partial charge >= 0.3 is 0 Å². The minimum absolute atomic E-state index is 0.135. The number of hydrogen-bond acceptors (Lipinski definition) is 1. The molecule has 4 aliphatic rings. The maximum absolute atomic E-state index is 12.8. The van der Waals surface area contributed by atoms with Crippen LogP contribution in [0.4, 0.5) is 0 Å². The Hall–Kier alpha value is -0.850. The van der Waals surface area contributed by atoms with Crippen molar-refractivity contribution in [1.82, 2.24) is 0 Å². The molecule has 31 heavy (non-hydrogen) atoms. The van der Waals surface area contributed by atoms with E-state index in [4.69, 9.17) is 0 Å². The van der Waals surface area contributed by atoms with E-state index in [-0.39, 0.29) is 5.41 Å². The topological polar surface area (TPSA) is 17.1 Å². The van der Waals surface area contributed by atoms with Crippen LogP contribution in [0, 0.1) is 45.3 Å². The zero-order valence-corrected chi connectivity index (χ0v) is 21.6. The molecule has 4 aliphatic carbocycles. The molecule has 0 aromatic rings. The van der Waals surface area contributed by atoms with E-state index in [0.717, 1.165) is 37.0 Å². The number of carbonyl (C=O) groups excluding carboxylic acids is 1. The van der Waals surface area contributed by atoms with E-state index >= 15 is 0 Å². The van der Waals surface area contributed by atoms with Gasteiger partial charge in [0.25, 0.3) is 0 Å². The predicted octanol–water partition coefficient (Wildman–Crippen LogP) is 8.54. The first kappa shape index (κ1) is 23.3. The van der Waals surface area contributed by atoms with Crippen molar-refractivity contribution in [3.63, 3.8) is 0 Å². The van der Waals surface area contributed by atoms with Crippen LogP contribution in [0.15, 0.2) is 23.8 Å². The Labute approximate surface area is 192 Å². The maximum atomic E-state index is 12.8. The summed E-state index contributed by atoms with van der Waals surface area (Å²) < 4.78 is 0. The van der Waals surface area contributed by atoms with E-state index in [1.54, 1.807) is 0 Å². The molecule has 0 aromatic carbocycles. The molecule has 0 spiro atoms. The SMILES string of the molecule is C=C(CCC=C(C)C)[C@H]1CC[C@]2(C)[C@@H]1CC[C@H]1[C@@]3(C)CCC(=O)C(C)(C)[C@@H]3CC[C@]12C. The smallest absolute Gasteiger partial charge is 0.138 e. The number of hydrogen-bond donors (Lipinski definition) is 0. The lowest BCUT2D eigenvalue weighted by Crippen LogP contribution is -2.63. The van der Waals surface area contributed by atoms with Crippen molar-refractivity contribution in [3.8, 4) is 0 Å². The van der Waals surface area contributed by atoms with Crippen LogP contribution in [0.5, 0.6) is 0 Å². The van der Waals surface area contributed by atoms with E-state index in [9.17, 15) is 4.79 Å². The third-order valence-corrected chi connectivity index (χ3v) is 11.7. The van der Waals surface area contributed by atoms with Crippen LogP contribution >= 0.6 is 0 Å². The third kappa shape index (κ3) is 3.26. The molecule has 7 atom stereocenters. The first-order chi connectivity index (χ1) is 14.4. The highest BCUT2D eigenvalue weighted by Crippen LogP contribution is 2.75. The molecule has 0 aromatic heterocycles. The van der Waals surface area contributed by atoms with Crippen molar-refractivity contribution in [2.24, 2.45) is 45.3 Å². The summed E-state index contributed by atoms with van der Waals surface area (Å²) >= 11 is 0. The second kappa shape index (κ2) is 7.59. The molecule has 0 bridgehead atoms. The van der Waals surface area contributed by atoms with E-state index in [2.05, 4.69) is 61.1 Å². The van der Waals surface area contributed by atoms with E-state index in [1.807, 2.05) is 0 Å². The first-order valence-electron chi connectivity index (χ1n) is 13.2. The third-order valence-electron chi connectivity index (χ3n) is 11.7. The molecule has 0 saturated heterocycles.